The summed E-state index contributed by atoms with van der Waals surface area (Å²) in [7, 11) is 1.75. The van der Waals surface area contributed by atoms with Crippen molar-refractivity contribution in [3.8, 4) is 0 Å². The Morgan fingerprint density at radius 3 is 2.10 bits per heavy atom. The van der Waals surface area contributed by atoms with Crippen LogP contribution in [0.5, 0.6) is 0 Å². The summed E-state index contributed by atoms with van der Waals surface area (Å²) in [5, 5.41) is 17.5. The van der Waals surface area contributed by atoms with Gasteiger partial charge in [-0.3, -0.25) is 14.4 Å². The van der Waals surface area contributed by atoms with Gasteiger partial charge in [0.25, 0.3) is 0 Å². The van der Waals surface area contributed by atoms with E-state index < -0.39 is 12.0 Å². The van der Waals surface area contributed by atoms with E-state index in [1.165, 1.54) is 0 Å². The number of Topliss-reactive ketones (excluding diaryl/α,β-unsaturated/α-hetero) is 1. The standard InChI is InChI=1S/C21H39N3O5/c1-4-5-6-7-8-12-20(27)24-18(21(28)29)13-14-19(26)23-15-10-9-11-17(22-3)16(2)25/h17-18,22H,4-15H2,1-3H3,(H,23,26)(H,24,27)(H,28,29)/t17-,18-/m0/s1. The predicted octanol–water partition coefficient (Wildman–Crippen LogP) is 2.16. The van der Waals surface area contributed by atoms with Crippen molar-refractivity contribution in [3.05, 3.63) is 0 Å². The molecule has 0 heterocycles. The number of unbranched alkanes of at least 4 members (excludes halogenated alkanes) is 5. The number of carbonyl (C=O) groups is 4. The number of carboxylic acids is 1. The molecule has 0 aromatic carbocycles. The monoisotopic (exact) mass is 413 g/mol. The number of aliphatic carboxylic acids is 1. The largest absolute Gasteiger partial charge is 0.480 e. The Hall–Kier alpha value is -1.96. The molecule has 0 aromatic heterocycles. The van der Waals surface area contributed by atoms with E-state index in [4.69, 9.17) is 0 Å². The fraction of sp³-hybridized carbons (Fsp3) is 0.810. The van der Waals surface area contributed by atoms with Crippen LogP contribution in [0.2, 0.25) is 0 Å². The van der Waals surface area contributed by atoms with E-state index in [0.717, 1.165) is 44.9 Å². The van der Waals surface area contributed by atoms with Crippen molar-refractivity contribution < 1.29 is 24.3 Å². The zero-order valence-electron chi connectivity index (χ0n) is 18.2. The summed E-state index contributed by atoms with van der Waals surface area (Å²) in [4.78, 5) is 46.5. The van der Waals surface area contributed by atoms with Crippen LogP contribution in [0.25, 0.3) is 0 Å². The maximum Gasteiger partial charge on any atom is 0.326 e. The predicted molar refractivity (Wildman–Crippen MR) is 113 cm³/mol. The van der Waals surface area contributed by atoms with Gasteiger partial charge in [-0.15, -0.1) is 0 Å². The number of likely N-dealkylation sites (N-methyl/N-ethyl adjacent to an activating group) is 1. The van der Waals surface area contributed by atoms with Crippen LogP contribution in [0.3, 0.4) is 0 Å². The molecule has 0 aliphatic heterocycles. The van der Waals surface area contributed by atoms with E-state index >= 15 is 0 Å². The molecule has 4 N–H and O–H groups in total. The van der Waals surface area contributed by atoms with Gasteiger partial charge >= 0.3 is 5.97 Å². The molecule has 0 bridgehead atoms. The lowest BCUT2D eigenvalue weighted by molar-refractivity contribution is -0.142. The van der Waals surface area contributed by atoms with Gasteiger partial charge in [0.15, 0.2) is 0 Å². The molecule has 8 heteroatoms. The Labute approximate surface area is 174 Å². The van der Waals surface area contributed by atoms with Crippen LogP contribution in [-0.2, 0) is 19.2 Å². The Kier molecular flexibility index (Phi) is 15.8. The zero-order valence-corrected chi connectivity index (χ0v) is 18.2. The molecule has 0 unspecified atom stereocenters. The molecule has 2 amide bonds. The number of carbonyl (C=O) groups excluding carboxylic acids is 3. The quantitative estimate of drug-likeness (QED) is 0.255. The highest BCUT2D eigenvalue weighted by Crippen LogP contribution is 2.06. The second kappa shape index (κ2) is 16.9. The molecule has 0 saturated carbocycles. The summed E-state index contributed by atoms with van der Waals surface area (Å²) < 4.78 is 0. The first kappa shape index (κ1) is 27.0. The van der Waals surface area contributed by atoms with Gasteiger partial charge in [-0.1, -0.05) is 32.6 Å². The molecule has 0 spiro atoms. The minimum absolute atomic E-state index is 0.0420. The van der Waals surface area contributed by atoms with E-state index in [2.05, 4.69) is 22.9 Å². The number of nitrogens with one attached hydrogen (secondary N) is 3. The number of hydrogen-bond acceptors (Lipinski definition) is 5. The molecule has 8 nitrogen and oxygen atoms in total. The van der Waals surface area contributed by atoms with Gasteiger partial charge in [-0.25, -0.2) is 4.79 Å². The summed E-state index contributed by atoms with van der Waals surface area (Å²) in [6, 6.07) is -1.20. The van der Waals surface area contributed by atoms with Crippen molar-refractivity contribution in [2.75, 3.05) is 13.6 Å². The highest BCUT2D eigenvalue weighted by atomic mass is 16.4. The maximum atomic E-state index is 11.9. The lowest BCUT2D eigenvalue weighted by atomic mass is 10.1. The van der Waals surface area contributed by atoms with Crippen LogP contribution in [-0.4, -0.2) is 54.3 Å². The van der Waals surface area contributed by atoms with E-state index in [0.29, 0.717) is 19.4 Å². The van der Waals surface area contributed by atoms with Crippen molar-refractivity contribution in [3.63, 3.8) is 0 Å². The molecule has 29 heavy (non-hydrogen) atoms. The van der Waals surface area contributed by atoms with Crippen molar-refractivity contribution in [2.45, 2.75) is 96.6 Å². The lowest BCUT2D eigenvalue weighted by Crippen LogP contribution is -2.41. The van der Waals surface area contributed by atoms with Gasteiger partial charge in [0.1, 0.15) is 11.8 Å². The maximum absolute atomic E-state index is 11.9. The molecule has 168 valence electrons. The van der Waals surface area contributed by atoms with Gasteiger partial charge in [0.05, 0.1) is 6.04 Å². The Balaban J connectivity index is 4.01. The molecule has 0 aliphatic carbocycles. The summed E-state index contributed by atoms with van der Waals surface area (Å²) in [5.74, 6) is -1.54. The third-order valence-electron chi connectivity index (χ3n) is 4.88. The number of ketones is 1. The average molecular weight is 414 g/mol. The molecule has 0 radical (unpaired) electrons. The van der Waals surface area contributed by atoms with Crippen LogP contribution >= 0.6 is 0 Å². The Bertz CT molecular complexity index is 511. The first-order valence-corrected chi connectivity index (χ1v) is 10.8. The zero-order chi connectivity index (χ0) is 22.1. The SMILES string of the molecule is CCCCCCCC(=O)N[C@@H](CCC(=O)NCCCC[C@H](NC)C(C)=O)C(=O)O. The molecule has 0 aromatic rings. The second-order valence-corrected chi connectivity index (χ2v) is 7.46. The van der Waals surface area contributed by atoms with Gasteiger partial charge in [-0.2, -0.15) is 0 Å². The highest BCUT2D eigenvalue weighted by molar-refractivity contribution is 5.84. The van der Waals surface area contributed by atoms with Crippen molar-refractivity contribution >= 4 is 23.6 Å². The molecule has 0 aliphatic rings. The van der Waals surface area contributed by atoms with Gasteiger partial charge in [0, 0.05) is 19.4 Å². The summed E-state index contributed by atoms with van der Waals surface area (Å²) in [6.45, 7) is 4.15. The minimum atomic E-state index is -1.13. The van der Waals surface area contributed by atoms with Crippen LogP contribution in [0.4, 0.5) is 0 Å². The van der Waals surface area contributed by atoms with E-state index in [1.54, 1.807) is 14.0 Å². The minimum Gasteiger partial charge on any atom is -0.480 e. The molecular formula is C21H39N3O5. The van der Waals surface area contributed by atoms with E-state index in [9.17, 15) is 24.3 Å². The van der Waals surface area contributed by atoms with E-state index in [-0.39, 0.29) is 36.5 Å². The smallest absolute Gasteiger partial charge is 0.326 e. The first-order chi connectivity index (χ1) is 13.8. The third kappa shape index (κ3) is 14.7. The van der Waals surface area contributed by atoms with Crippen molar-refractivity contribution in [1.82, 2.24) is 16.0 Å². The molecule has 0 saturated heterocycles. The van der Waals surface area contributed by atoms with E-state index in [1.807, 2.05) is 0 Å². The fourth-order valence-corrected chi connectivity index (χ4v) is 3.03. The Morgan fingerprint density at radius 2 is 1.52 bits per heavy atom. The molecular weight excluding hydrogens is 374 g/mol. The lowest BCUT2D eigenvalue weighted by Gasteiger charge is -2.15. The summed E-state index contributed by atoms with van der Waals surface area (Å²) in [5.41, 5.74) is 0. The van der Waals surface area contributed by atoms with Crippen molar-refractivity contribution in [1.29, 1.82) is 0 Å². The number of amides is 2. The second-order valence-electron chi connectivity index (χ2n) is 7.46. The van der Waals surface area contributed by atoms with Crippen LogP contribution in [0.1, 0.15) is 84.5 Å². The van der Waals surface area contributed by atoms with Gasteiger partial charge in [-0.05, 0) is 46.1 Å². The molecule has 0 rings (SSSR count). The van der Waals surface area contributed by atoms with Crippen molar-refractivity contribution in [2.24, 2.45) is 0 Å². The topological polar surface area (TPSA) is 125 Å². The fourth-order valence-electron chi connectivity index (χ4n) is 3.03. The Morgan fingerprint density at radius 1 is 0.828 bits per heavy atom. The summed E-state index contributed by atoms with van der Waals surface area (Å²) in [6.07, 6.45) is 7.74. The first-order valence-electron chi connectivity index (χ1n) is 10.8. The molecule has 2 atom stereocenters. The van der Waals surface area contributed by atoms with Crippen LogP contribution in [0, 0.1) is 0 Å². The van der Waals surface area contributed by atoms with Gasteiger partial charge in [0.2, 0.25) is 11.8 Å². The normalized spacial score (nSPS) is 12.8. The average Bonchev–Trinajstić information content (AvgIpc) is 2.67. The number of hydrogen-bond donors (Lipinski definition) is 4. The highest BCUT2D eigenvalue weighted by Gasteiger charge is 2.20. The molecule has 0 fully saturated rings. The van der Waals surface area contributed by atoms with Crippen LogP contribution < -0.4 is 16.0 Å². The van der Waals surface area contributed by atoms with Gasteiger partial charge < -0.3 is 21.1 Å². The third-order valence-corrected chi connectivity index (χ3v) is 4.88. The van der Waals surface area contributed by atoms with Crippen LogP contribution in [0.15, 0.2) is 0 Å². The summed E-state index contributed by atoms with van der Waals surface area (Å²) >= 11 is 0. The number of rotatable bonds is 18. The number of carboxylic acid groups (broad SMARTS) is 1.